The van der Waals surface area contributed by atoms with Crippen molar-refractivity contribution in [3.63, 3.8) is 0 Å². The summed E-state index contributed by atoms with van der Waals surface area (Å²) in [6, 6.07) is 10.5. The average molecular weight is 371 g/mol. The smallest absolute Gasteiger partial charge is 0.223 e. The fourth-order valence-corrected chi connectivity index (χ4v) is 4.53. The van der Waals surface area contributed by atoms with Crippen LogP contribution in [0.2, 0.25) is 0 Å². The van der Waals surface area contributed by atoms with Crippen molar-refractivity contribution in [3.8, 4) is 0 Å². The molecular weight excluding hydrogens is 336 g/mol. The molecule has 0 radical (unpaired) electrons. The summed E-state index contributed by atoms with van der Waals surface area (Å²) in [6.45, 7) is 5.98. The molecule has 1 saturated heterocycles. The fraction of sp³-hybridized carbons (Fsp3) is 0.652. The van der Waals surface area contributed by atoms with Gasteiger partial charge >= 0.3 is 0 Å². The van der Waals surface area contributed by atoms with E-state index in [0.29, 0.717) is 37.4 Å². The van der Waals surface area contributed by atoms with Gasteiger partial charge in [0.05, 0.1) is 0 Å². The maximum Gasteiger partial charge on any atom is 0.223 e. The molecule has 2 amide bonds. The Balaban J connectivity index is 1.41. The van der Waals surface area contributed by atoms with Crippen molar-refractivity contribution in [1.82, 2.24) is 10.2 Å². The van der Waals surface area contributed by atoms with Gasteiger partial charge in [0.25, 0.3) is 0 Å². The summed E-state index contributed by atoms with van der Waals surface area (Å²) in [5, 5.41) is 3.32. The van der Waals surface area contributed by atoms with Crippen molar-refractivity contribution in [2.75, 3.05) is 13.1 Å². The lowest BCUT2D eigenvalue weighted by Gasteiger charge is -2.37. The molecule has 4 nitrogen and oxygen atoms in total. The van der Waals surface area contributed by atoms with Crippen LogP contribution in [0.3, 0.4) is 0 Å². The predicted octanol–water partition coefficient (Wildman–Crippen LogP) is 3.80. The number of amides is 2. The Morgan fingerprint density at radius 3 is 2.44 bits per heavy atom. The molecular formula is C23H34N2O2. The number of nitrogens with zero attached hydrogens (tertiary/aromatic N) is 1. The highest BCUT2D eigenvalue weighted by atomic mass is 16.2. The normalized spacial score (nSPS) is 26.6. The van der Waals surface area contributed by atoms with Crippen molar-refractivity contribution in [2.45, 2.75) is 64.8 Å². The zero-order valence-electron chi connectivity index (χ0n) is 16.8. The standard InChI is InChI=1S/C23H34N2O2/c1-17-7-6-10-21(18(17)2)24-23(27)20-13-15-25(16-14-20)22(26)12-11-19-8-4-3-5-9-19/h3-5,8-9,17-18,20-21H,6-7,10-16H2,1-2H3,(H,24,27)/t17-,18+,21-/m1/s1. The van der Waals surface area contributed by atoms with Gasteiger partial charge in [-0.15, -0.1) is 0 Å². The van der Waals surface area contributed by atoms with Crippen molar-refractivity contribution >= 4 is 11.8 Å². The lowest BCUT2D eigenvalue weighted by Crippen LogP contribution is -2.48. The molecule has 1 aliphatic heterocycles. The highest BCUT2D eigenvalue weighted by molar-refractivity contribution is 5.80. The van der Waals surface area contributed by atoms with E-state index >= 15 is 0 Å². The van der Waals surface area contributed by atoms with Crippen LogP contribution in [0, 0.1) is 17.8 Å². The molecule has 4 heteroatoms. The summed E-state index contributed by atoms with van der Waals surface area (Å²) in [5.41, 5.74) is 1.20. The number of carbonyl (C=O) groups excluding carboxylic acids is 2. The molecule has 1 aromatic rings. The summed E-state index contributed by atoms with van der Waals surface area (Å²) in [5.74, 6) is 1.73. The lowest BCUT2D eigenvalue weighted by atomic mass is 9.78. The minimum absolute atomic E-state index is 0.0626. The van der Waals surface area contributed by atoms with E-state index in [4.69, 9.17) is 0 Å². The molecule has 1 heterocycles. The van der Waals surface area contributed by atoms with E-state index < -0.39 is 0 Å². The predicted molar refractivity (Wildman–Crippen MR) is 108 cm³/mol. The van der Waals surface area contributed by atoms with E-state index in [1.54, 1.807) is 0 Å². The summed E-state index contributed by atoms with van der Waals surface area (Å²) < 4.78 is 0. The Kier molecular flexibility index (Phi) is 6.92. The summed E-state index contributed by atoms with van der Waals surface area (Å²) in [7, 11) is 0. The van der Waals surface area contributed by atoms with Crippen LogP contribution in [0.15, 0.2) is 30.3 Å². The van der Waals surface area contributed by atoms with Gasteiger partial charge in [0, 0.05) is 31.5 Å². The minimum atomic E-state index is 0.0626. The molecule has 3 rings (SSSR count). The maximum absolute atomic E-state index is 12.7. The van der Waals surface area contributed by atoms with Crippen molar-refractivity contribution in [2.24, 2.45) is 17.8 Å². The Labute approximate surface area is 163 Å². The number of hydrogen-bond donors (Lipinski definition) is 1. The third kappa shape index (κ3) is 5.33. The van der Waals surface area contributed by atoms with Gasteiger partial charge < -0.3 is 10.2 Å². The Hall–Kier alpha value is -1.84. The number of benzene rings is 1. The number of rotatable bonds is 5. The second-order valence-corrected chi connectivity index (χ2v) is 8.52. The van der Waals surface area contributed by atoms with Crippen LogP contribution in [0.1, 0.15) is 57.9 Å². The summed E-state index contributed by atoms with van der Waals surface area (Å²) >= 11 is 0. The maximum atomic E-state index is 12.7. The van der Waals surface area contributed by atoms with Crippen molar-refractivity contribution in [1.29, 1.82) is 0 Å². The van der Waals surface area contributed by atoms with Crippen LogP contribution >= 0.6 is 0 Å². The topological polar surface area (TPSA) is 49.4 Å². The monoisotopic (exact) mass is 370 g/mol. The van der Waals surface area contributed by atoms with Gasteiger partial charge in [-0.1, -0.05) is 57.0 Å². The molecule has 1 aliphatic carbocycles. The zero-order valence-corrected chi connectivity index (χ0v) is 16.8. The van der Waals surface area contributed by atoms with E-state index in [1.165, 1.54) is 18.4 Å². The largest absolute Gasteiger partial charge is 0.353 e. The van der Waals surface area contributed by atoms with E-state index in [2.05, 4.69) is 31.3 Å². The Bertz CT molecular complexity index is 623. The van der Waals surface area contributed by atoms with Crippen LogP contribution in [0.25, 0.3) is 0 Å². The molecule has 2 fully saturated rings. The highest BCUT2D eigenvalue weighted by Gasteiger charge is 2.32. The van der Waals surface area contributed by atoms with Gasteiger partial charge in [-0.2, -0.15) is 0 Å². The second kappa shape index (κ2) is 9.38. The quantitative estimate of drug-likeness (QED) is 0.857. The summed E-state index contributed by atoms with van der Waals surface area (Å²) in [4.78, 5) is 27.1. The third-order valence-electron chi connectivity index (χ3n) is 6.72. The van der Waals surface area contributed by atoms with E-state index in [-0.39, 0.29) is 17.7 Å². The third-order valence-corrected chi connectivity index (χ3v) is 6.72. The van der Waals surface area contributed by atoms with Gasteiger partial charge in [0.2, 0.25) is 11.8 Å². The average Bonchev–Trinajstić information content (AvgIpc) is 2.70. The molecule has 27 heavy (non-hydrogen) atoms. The number of nitrogens with one attached hydrogen (secondary N) is 1. The molecule has 0 aromatic heterocycles. The number of piperidine rings is 1. The summed E-state index contributed by atoms with van der Waals surface area (Å²) in [6.07, 6.45) is 6.52. The molecule has 148 valence electrons. The molecule has 1 saturated carbocycles. The van der Waals surface area contributed by atoms with E-state index in [9.17, 15) is 9.59 Å². The molecule has 3 atom stereocenters. The second-order valence-electron chi connectivity index (χ2n) is 8.52. The van der Waals surface area contributed by atoms with Gasteiger partial charge in [0.1, 0.15) is 0 Å². The van der Waals surface area contributed by atoms with Gasteiger partial charge in [0.15, 0.2) is 0 Å². The molecule has 2 aliphatic rings. The number of aryl methyl sites for hydroxylation is 1. The molecule has 0 bridgehead atoms. The first-order valence-electron chi connectivity index (χ1n) is 10.7. The van der Waals surface area contributed by atoms with Crippen LogP contribution in [-0.2, 0) is 16.0 Å². The molecule has 1 aromatic carbocycles. The van der Waals surface area contributed by atoms with E-state index in [1.807, 2.05) is 23.1 Å². The van der Waals surface area contributed by atoms with Crippen LogP contribution < -0.4 is 5.32 Å². The van der Waals surface area contributed by atoms with E-state index in [0.717, 1.165) is 25.7 Å². The molecule has 0 unspecified atom stereocenters. The fourth-order valence-electron chi connectivity index (χ4n) is 4.53. The Morgan fingerprint density at radius 1 is 1.04 bits per heavy atom. The first-order valence-corrected chi connectivity index (χ1v) is 10.7. The van der Waals surface area contributed by atoms with Crippen LogP contribution in [0.4, 0.5) is 0 Å². The van der Waals surface area contributed by atoms with Crippen molar-refractivity contribution < 1.29 is 9.59 Å². The van der Waals surface area contributed by atoms with Crippen LogP contribution in [0.5, 0.6) is 0 Å². The zero-order chi connectivity index (χ0) is 19.2. The SMILES string of the molecule is C[C@H]1[C@H](C)CCC[C@H]1NC(=O)C1CCN(C(=O)CCc2ccccc2)CC1. The van der Waals surface area contributed by atoms with Gasteiger partial charge in [-0.3, -0.25) is 9.59 Å². The lowest BCUT2D eigenvalue weighted by molar-refractivity contribution is -0.136. The number of likely N-dealkylation sites (tertiary alicyclic amines) is 1. The Morgan fingerprint density at radius 2 is 1.74 bits per heavy atom. The number of hydrogen-bond acceptors (Lipinski definition) is 2. The van der Waals surface area contributed by atoms with Gasteiger partial charge in [-0.05, 0) is 43.1 Å². The van der Waals surface area contributed by atoms with Crippen molar-refractivity contribution in [3.05, 3.63) is 35.9 Å². The molecule has 1 N–H and O–H groups in total. The van der Waals surface area contributed by atoms with Gasteiger partial charge in [-0.25, -0.2) is 0 Å². The first-order chi connectivity index (χ1) is 13.0. The van der Waals surface area contributed by atoms with Crippen LogP contribution in [-0.4, -0.2) is 35.8 Å². The highest BCUT2D eigenvalue weighted by Crippen LogP contribution is 2.30. The first kappa shape index (κ1) is 19.9. The minimum Gasteiger partial charge on any atom is -0.353 e. The molecule has 0 spiro atoms. The number of carbonyl (C=O) groups is 2.